The summed E-state index contributed by atoms with van der Waals surface area (Å²) < 4.78 is 5.20. The van der Waals surface area contributed by atoms with E-state index in [9.17, 15) is 0 Å². The lowest BCUT2D eigenvalue weighted by Gasteiger charge is -2.17. The fourth-order valence-corrected chi connectivity index (χ4v) is 3.81. The van der Waals surface area contributed by atoms with Gasteiger partial charge < -0.3 is 10.5 Å². The molecule has 0 aromatic carbocycles. The van der Waals surface area contributed by atoms with Crippen molar-refractivity contribution in [3.8, 4) is 0 Å². The van der Waals surface area contributed by atoms with Crippen LogP contribution >= 0.6 is 11.3 Å². The lowest BCUT2D eigenvalue weighted by molar-refractivity contribution is 0.181. The van der Waals surface area contributed by atoms with Crippen LogP contribution in [0.5, 0.6) is 0 Å². The SMILES string of the molecule is COCc1nc(C2CCCCCCC2)sc1CN. The maximum Gasteiger partial charge on any atom is 0.0963 e. The summed E-state index contributed by atoms with van der Waals surface area (Å²) in [5.74, 6) is 0.659. The molecule has 1 heterocycles. The number of hydrogen-bond donors (Lipinski definition) is 1. The maximum absolute atomic E-state index is 5.79. The minimum Gasteiger partial charge on any atom is -0.378 e. The van der Waals surface area contributed by atoms with E-state index in [1.165, 1.54) is 54.8 Å². The van der Waals surface area contributed by atoms with Crippen molar-refractivity contribution in [3.63, 3.8) is 0 Å². The minimum absolute atomic E-state index is 0.586. The Bertz CT molecular complexity index is 357. The largest absolute Gasteiger partial charge is 0.378 e. The molecule has 0 radical (unpaired) electrons. The van der Waals surface area contributed by atoms with Crippen molar-refractivity contribution < 1.29 is 4.74 Å². The molecule has 18 heavy (non-hydrogen) atoms. The fraction of sp³-hybridized carbons (Fsp3) is 0.786. The van der Waals surface area contributed by atoms with Gasteiger partial charge in [0.25, 0.3) is 0 Å². The van der Waals surface area contributed by atoms with Crippen LogP contribution in [0.4, 0.5) is 0 Å². The first-order chi connectivity index (χ1) is 8.85. The molecule has 1 fully saturated rings. The summed E-state index contributed by atoms with van der Waals surface area (Å²) in [5.41, 5.74) is 6.85. The van der Waals surface area contributed by atoms with E-state index >= 15 is 0 Å². The fourth-order valence-electron chi connectivity index (χ4n) is 2.69. The molecule has 0 aliphatic heterocycles. The number of aromatic nitrogens is 1. The van der Waals surface area contributed by atoms with Crippen molar-refractivity contribution in [2.45, 2.75) is 64.0 Å². The molecule has 0 amide bonds. The zero-order valence-corrected chi connectivity index (χ0v) is 12.1. The lowest BCUT2D eigenvalue weighted by Crippen LogP contribution is -2.02. The third-order valence-electron chi connectivity index (χ3n) is 3.72. The Morgan fingerprint density at radius 1 is 1.22 bits per heavy atom. The van der Waals surface area contributed by atoms with E-state index in [2.05, 4.69) is 0 Å². The van der Waals surface area contributed by atoms with E-state index < -0.39 is 0 Å². The number of hydrogen-bond acceptors (Lipinski definition) is 4. The predicted octanol–water partition coefficient (Wildman–Crippen LogP) is 3.58. The quantitative estimate of drug-likeness (QED) is 0.908. The first-order valence-corrected chi connectivity index (χ1v) is 7.84. The standard InChI is InChI=1S/C14H24N2OS/c1-17-10-12-13(9-15)18-14(16-12)11-7-5-3-2-4-6-8-11/h11H,2-10,15H2,1H3. The topological polar surface area (TPSA) is 48.1 Å². The Kier molecular flexibility index (Phi) is 5.60. The van der Waals surface area contributed by atoms with Gasteiger partial charge in [-0.25, -0.2) is 4.98 Å². The van der Waals surface area contributed by atoms with E-state index in [0.29, 0.717) is 19.1 Å². The minimum atomic E-state index is 0.586. The van der Waals surface area contributed by atoms with Crippen LogP contribution in [-0.4, -0.2) is 12.1 Å². The smallest absolute Gasteiger partial charge is 0.0963 e. The zero-order valence-electron chi connectivity index (χ0n) is 11.3. The molecular weight excluding hydrogens is 244 g/mol. The van der Waals surface area contributed by atoms with Gasteiger partial charge in [-0.2, -0.15) is 0 Å². The highest BCUT2D eigenvalue weighted by molar-refractivity contribution is 7.11. The second-order valence-corrected chi connectivity index (χ2v) is 6.22. The maximum atomic E-state index is 5.79. The van der Waals surface area contributed by atoms with Crippen molar-refractivity contribution in [2.75, 3.05) is 7.11 Å². The third-order valence-corrected chi connectivity index (χ3v) is 5.00. The Morgan fingerprint density at radius 2 is 1.89 bits per heavy atom. The molecule has 2 N–H and O–H groups in total. The summed E-state index contributed by atoms with van der Waals surface area (Å²) in [4.78, 5) is 5.98. The molecule has 1 aliphatic rings. The Balaban J connectivity index is 2.10. The first kappa shape index (κ1) is 14.0. The van der Waals surface area contributed by atoms with Crippen molar-refractivity contribution >= 4 is 11.3 Å². The average Bonchev–Trinajstić information content (AvgIpc) is 2.72. The van der Waals surface area contributed by atoms with E-state index in [1.807, 2.05) is 0 Å². The molecule has 0 bridgehead atoms. The normalized spacial score (nSPS) is 18.6. The molecule has 1 aliphatic carbocycles. The average molecular weight is 268 g/mol. The number of thiazole rings is 1. The second-order valence-electron chi connectivity index (χ2n) is 5.10. The van der Waals surface area contributed by atoms with Gasteiger partial charge in [-0.3, -0.25) is 0 Å². The van der Waals surface area contributed by atoms with Crippen LogP contribution in [0.15, 0.2) is 0 Å². The van der Waals surface area contributed by atoms with Crippen LogP contribution in [-0.2, 0) is 17.9 Å². The summed E-state index contributed by atoms with van der Waals surface area (Å²) in [6, 6.07) is 0. The number of methoxy groups -OCH3 is 1. The number of nitrogens with zero attached hydrogens (tertiary/aromatic N) is 1. The highest BCUT2D eigenvalue weighted by Gasteiger charge is 2.19. The van der Waals surface area contributed by atoms with Crippen LogP contribution in [0.25, 0.3) is 0 Å². The van der Waals surface area contributed by atoms with Crippen LogP contribution in [0, 0.1) is 0 Å². The van der Waals surface area contributed by atoms with Gasteiger partial charge in [0, 0.05) is 24.4 Å². The molecule has 1 aromatic heterocycles. The molecule has 0 unspecified atom stereocenters. The molecule has 0 spiro atoms. The van der Waals surface area contributed by atoms with Crippen LogP contribution in [0.1, 0.15) is 66.4 Å². The Hall–Kier alpha value is -0.450. The lowest BCUT2D eigenvalue weighted by atomic mass is 9.92. The van der Waals surface area contributed by atoms with Gasteiger partial charge in [-0.1, -0.05) is 32.1 Å². The van der Waals surface area contributed by atoms with Crippen LogP contribution in [0.2, 0.25) is 0 Å². The molecule has 1 saturated carbocycles. The van der Waals surface area contributed by atoms with Gasteiger partial charge in [-0.05, 0) is 12.8 Å². The van der Waals surface area contributed by atoms with Crippen molar-refractivity contribution in [3.05, 3.63) is 15.6 Å². The highest BCUT2D eigenvalue weighted by atomic mass is 32.1. The van der Waals surface area contributed by atoms with Gasteiger partial charge in [0.05, 0.1) is 17.3 Å². The summed E-state index contributed by atoms with van der Waals surface area (Å²) in [6.07, 6.45) is 9.47. The van der Waals surface area contributed by atoms with E-state index in [4.69, 9.17) is 15.5 Å². The van der Waals surface area contributed by atoms with E-state index in [1.54, 1.807) is 18.4 Å². The molecule has 1 aromatic rings. The van der Waals surface area contributed by atoms with Crippen molar-refractivity contribution in [1.29, 1.82) is 0 Å². The van der Waals surface area contributed by atoms with E-state index in [-0.39, 0.29) is 0 Å². The first-order valence-electron chi connectivity index (χ1n) is 7.02. The zero-order chi connectivity index (χ0) is 12.8. The molecule has 0 atom stereocenters. The summed E-state index contributed by atoms with van der Waals surface area (Å²) in [5, 5.41) is 1.30. The Morgan fingerprint density at radius 3 is 2.50 bits per heavy atom. The molecule has 2 rings (SSSR count). The monoisotopic (exact) mass is 268 g/mol. The summed E-state index contributed by atoms with van der Waals surface area (Å²) in [6.45, 7) is 1.18. The molecule has 0 saturated heterocycles. The summed E-state index contributed by atoms with van der Waals surface area (Å²) in [7, 11) is 1.72. The van der Waals surface area contributed by atoms with Gasteiger partial charge >= 0.3 is 0 Å². The van der Waals surface area contributed by atoms with E-state index in [0.717, 1.165) is 5.69 Å². The van der Waals surface area contributed by atoms with Crippen molar-refractivity contribution in [1.82, 2.24) is 4.98 Å². The van der Waals surface area contributed by atoms with Gasteiger partial charge in [0.2, 0.25) is 0 Å². The van der Waals surface area contributed by atoms with Crippen LogP contribution < -0.4 is 5.73 Å². The summed E-state index contributed by atoms with van der Waals surface area (Å²) >= 11 is 1.81. The molecule has 4 heteroatoms. The molecular formula is C14H24N2OS. The number of nitrogens with two attached hydrogens (primary N) is 1. The van der Waals surface area contributed by atoms with Gasteiger partial charge in [0.1, 0.15) is 0 Å². The molecule has 3 nitrogen and oxygen atoms in total. The van der Waals surface area contributed by atoms with Crippen LogP contribution in [0.3, 0.4) is 0 Å². The van der Waals surface area contributed by atoms with Gasteiger partial charge in [0.15, 0.2) is 0 Å². The Labute approximate surface area is 114 Å². The number of ether oxygens (including phenoxy) is 1. The third kappa shape index (κ3) is 3.53. The van der Waals surface area contributed by atoms with Crippen molar-refractivity contribution in [2.24, 2.45) is 5.73 Å². The predicted molar refractivity (Wildman–Crippen MR) is 75.8 cm³/mol. The second kappa shape index (κ2) is 7.22. The molecule has 102 valence electrons. The number of rotatable bonds is 4. The highest BCUT2D eigenvalue weighted by Crippen LogP contribution is 2.34. The van der Waals surface area contributed by atoms with Gasteiger partial charge in [-0.15, -0.1) is 11.3 Å².